The molecule has 2 aromatic rings. The summed E-state index contributed by atoms with van der Waals surface area (Å²) in [4.78, 5) is 0. The zero-order chi connectivity index (χ0) is 11.7. The van der Waals surface area contributed by atoms with Crippen LogP contribution < -0.4 is 0 Å². The van der Waals surface area contributed by atoms with Gasteiger partial charge in [0.2, 0.25) is 0 Å². The maximum Gasteiger partial charge on any atom is 0.0720 e. The molecule has 1 unspecified atom stereocenters. The molecule has 0 N–H and O–H groups in total. The number of rotatable bonds is 1. The van der Waals surface area contributed by atoms with Crippen LogP contribution in [0.15, 0.2) is 48.5 Å². The highest BCUT2D eigenvalue weighted by Gasteiger charge is 2.16. The lowest BCUT2D eigenvalue weighted by molar-refractivity contribution is 0.0951. The summed E-state index contributed by atoms with van der Waals surface area (Å²) in [5, 5.41) is 0. The quantitative estimate of drug-likeness (QED) is 0.711. The highest BCUT2D eigenvalue weighted by molar-refractivity contribution is 5.65. The standard InChI is InChI=1S/C16H16O/c1-12-10-17-11-15-9-14(7-8-16(12)15)13-5-3-2-4-6-13/h2-9,12H,10-11H2,1H3. The van der Waals surface area contributed by atoms with E-state index in [-0.39, 0.29) is 0 Å². The molecule has 1 heteroatoms. The second-order valence-electron chi connectivity index (χ2n) is 4.70. The lowest BCUT2D eigenvalue weighted by Gasteiger charge is -2.23. The van der Waals surface area contributed by atoms with Gasteiger partial charge in [0.25, 0.3) is 0 Å². The van der Waals surface area contributed by atoms with E-state index in [9.17, 15) is 0 Å². The summed E-state index contributed by atoms with van der Waals surface area (Å²) in [5.41, 5.74) is 5.33. The van der Waals surface area contributed by atoms with Crippen LogP contribution >= 0.6 is 0 Å². The van der Waals surface area contributed by atoms with Crippen molar-refractivity contribution < 1.29 is 4.74 Å². The van der Waals surface area contributed by atoms with Crippen molar-refractivity contribution in [2.75, 3.05) is 6.61 Å². The Bertz CT molecular complexity index is 516. The predicted octanol–water partition coefficient (Wildman–Crippen LogP) is 3.99. The minimum atomic E-state index is 0.517. The van der Waals surface area contributed by atoms with Crippen LogP contribution in [0, 0.1) is 0 Å². The third-order valence-electron chi connectivity index (χ3n) is 3.41. The maximum atomic E-state index is 5.60. The van der Waals surface area contributed by atoms with Crippen LogP contribution in [-0.2, 0) is 11.3 Å². The van der Waals surface area contributed by atoms with Crippen molar-refractivity contribution in [1.82, 2.24) is 0 Å². The molecule has 0 aromatic heterocycles. The summed E-state index contributed by atoms with van der Waals surface area (Å²) >= 11 is 0. The van der Waals surface area contributed by atoms with E-state index in [0.29, 0.717) is 5.92 Å². The fourth-order valence-corrected chi connectivity index (χ4v) is 2.46. The first kappa shape index (κ1) is 10.5. The van der Waals surface area contributed by atoms with Gasteiger partial charge < -0.3 is 4.74 Å². The van der Waals surface area contributed by atoms with Crippen LogP contribution in [0.2, 0.25) is 0 Å². The number of hydrogen-bond donors (Lipinski definition) is 0. The summed E-state index contributed by atoms with van der Waals surface area (Å²) in [5.74, 6) is 0.517. The molecule has 1 nitrogen and oxygen atoms in total. The molecular weight excluding hydrogens is 208 g/mol. The number of hydrogen-bond acceptors (Lipinski definition) is 1. The Balaban J connectivity index is 2.04. The summed E-state index contributed by atoms with van der Waals surface area (Å²) in [6.45, 7) is 3.82. The molecule has 0 amide bonds. The van der Waals surface area contributed by atoms with Gasteiger partial charge in [0, 0.05) is 5.92 Å². The molecule has 0 fully saturated rings. The molecule has 17 heavy (non-hydrogen) atoms. The summed E-state index contributed by atoms with van der Waals surface area (Å²) in [7, 11) is 0. The third kappa shape index (κ3) is 1.98. The normalized spacial score (nSPS) is 18.8. The molecule has 3 rings (SSSR count). The molecule has 86 valence electrons. The topological polar surface area (TPSA) is 9.23 Å². The number of benzene rings is 2. The lowest BCUT2D eigenvalue weighted by Crippen LogP contribution is -2.13. The molecule has 1 aliphatic heterocycles. The van der Waals surface area contributed by atoms with Crippen molar-refractivity contribution >= 4 is 0 Å². The molecule has 0 saturated carbocycles. The second kappa shape index (κ2) is 4.34. The molecule has 2 aromatic carbocycles. The van der Waals surface area contributed by atoms with Crippen LogP contribution in [0.3, 0.4) is 0 Å². The number of fused-ring (bicyclic) bond motifs is 1. The fourth-order valence-electron chi connectivity index (χ4n) is 2.46. The Morgan fingerprint density at radius 2 is 1.82 bits per heavy atom. The average Bonchev–Trinajstić information content (AvgIpc) is 2.40. The van der Waals surface area contributed by atoms with E-state index >= 15 is 0 Å². The summed E-state index contributed by atoms with van der Waals surface area (Å²) < 4.78 is 5.60. The first-order valence-electron chi connectivity index (χ1n) is 6.10. The largest absolute Gasteiger partial charge is 0.376 e. The average molecular weight is 224 g/mol. The minimum Gasteiger partial charge on any atom is -0.376 e. The van der Waals surface area contributed by atoms with E-state index < -0.39 is 0 Å². The Labute approximate surface area is 102 Å². The van der Waals surface area contributed by atoms with Crippen molar-refractivity contribution in [2.24, 2.45) is 0 Å². The van der Waals surface area contributed by atoms with Gasteiger partial charge in [-0.05, 0) is 28.3 Å². The van der Waals surface area contributed by atoms with E-state index in [0.717, 1.165) is 13.2 Å². The zero-order valence-electron chi connectivity index (χ0n) is 10.0. The van der Waals surface area contributed by atoms with Crippen molar-refractivity contribution in [2.45, 2.75) is 19.4 Å². The molecule has 1 aliphatic rings. The molecule has 0 spiro atoms. The maximum absolute atomic E-state index is 5.60. The summed E-state index contributed by atoms with van der Waals surface area (Å²) in [6.07, 6.45) is 0. The third-order valence-corrected chi connectivity index (χ3v) is 3.41. The van der Waals surface area contributed by atoms with Gasteiger partial charge in [-0.1, -0.05) is 49.4 Å². The Morgan fingerprint density at radius 1 is 1.00 bits per heavy atom. The Morgan fingerprint density at radius 3 is 2.65 bits per heavy atom. The van der Waals surface area contributed by atoms with E-state index in [1.165, 1.54) is 22.3 Å². The van der Waals surface area contributed by atoms with Crippen LogP contribution in [0.1, 0.15) is 24.0 Å². The van der Waals surface area contributed by atoms with Gasteiger partial charge in [0.05, 0.1) is 13.2 Å². The highest BCUT2D eigenvalue weighted by atomic mass is 16.5. The SMILES string of the molecule is CC1COCc2cc(-c3ccccc3)ccc21. The van der Waals surface area contributed by atoms with Crippen molar-refractivity contribution in [3.63, 3.8) is 0 Å². The molecule has 0 saturated heterocycles. The van der Waals surface area contributed by atoms with Gasteiger partial charge >= 0.3 is 0 Å². The molecule has 1 heterocycles. The second-order valence-corrected chi connectivity index (χ2v) is 4.70. The van der Waals surface area contributed by atoms with Gasteiger partial charge in [-0.15, -0.1) is 0 Å². The van der Waals surface area contributed by atoms with Gasteiger partial charge in [0.15, 0.2) is 0 Å². The Hall–Kier alpha value is -1.60. The molecular formula is C16H16O. The van der Waals surface area contributed by atoms with E-state index in [4.69, 9.17) is 4.74 Å². The Kier molecular flexibility index (Phi) is 2.69. The van der Waals surface area contributed by atoms with E-state index in [1.807, 2.05) is 6.07 Å². The first-order valence-corrected chi connectivity index (χ1v) is 6.10. The highest BCUT2D eigenvalue weighted by Crippen LogP contribution is 2.30. The fraction of sp³-hybridized carbons (Fsp3) is 0.250. The zero-order valence-corrected chi connectivity index (χ0v) is 10.0. The molecule has 1 atom stereocenters. The van der Waals surface area contributed by atoms with Crippen LogP contribution in [-0.4, -0.2) is 6.61 Å². The van der Waals surface area contributed by atoms with E-state index in [2.05, 4.69) is 49.4 Å². The van der Waals surface area contributed by atoms with Gasteiger partial charge in [-0.2, -0.15) is 0 Å². The van der Waals surface area contributed by atoms with Crippen LogP contribution in [0.4, 0.5) is 0 Å². The van der Waals surface area contributed by atoms with Crippen molar-refractivity contribution in [3.05, 3.63) is 59.7 Å². The predicted molar refractivity (Wildman–Crippen MR) is 69.9 cm³/mol. The van der Waals surface area contributed by atoms with Crippen molar-refractivity contribution in [3.8, 4) is 11.1 Å². The molecule has 0 bridgehead atoms. The minimum absolute atomic E-state index is 0.517. The van der Waals surface area contributed by atoms with Crippen molar-refractivity contribution in [1.29, 1.82) is 0 Å². The van der Waals surface area contributed by atoms with Crippen LogP contribution in [0.25, 0.3) is 11.1 Å². The molecule has 0 aliphatic carbocycles. The van der Waals surface area contributed by atoms with Gasteiger partial charge in [0.1, 0.15) is 0 Å². The van der Waals surface area contributed by atoms with Gasteiger partial charge in [-0.25, -0.2) is 0 Å². The monoisotopic (exact) mass is 224 g/mol. The van der Waals surface area contributed by atoms with Crippen LogP contribution in [0.5, 0.6) is 0 Å². The number of ether oxygens (including phenoxy) is 1. The lowest BCUT2D eigenvalue weighted by atomic mass is 9.91. The smallest absolute Gasteiger partial charge is 0.0720 e. The first-order chi connectivity index (χ1) is 8.34. The van der Waals surface area contributed by atoms with E-state index in [1.54, 1.807) is 0 Å². The van der Waals surface area contributed by atoms with Gasteiger partial charge in [-0.3, -0.25) is 0 Å². The molecule has 0 radical (unpaired) electrons. The summed E-state index contributed by atoms with van der Waals surface area (Å²) in [6, 6.07) is 17.2.